The zero-order chi connectivity index (χ0) is 20.5. The molecule has 0 saturated carbocycles. The molecular formula is C20H25ClFN5O2S. The normalized spacial score (nSPS) is 10.5. The van der Waals surface area contributed by atoms with Gasteiger partial charge in [-0.05, 0) is 58.8 Å². The maximum absolute atomic E-state index is 13.0. The van der Waals surface area contributed by atoms with Gasteiger partial charge in [0.15, 0.2) is 11.5 Å². The van der Waals surface area contributed by atoms with Gasteiger partial charge in [0.05, 0.1) is 7.11 Å². The minimum absolute atomic E-state index is 0. The topological polar surface area (TPSA) is 74.1 Å². The number of rotatable bonds is 11. The number of hydrogen-bond donors (Lipinski definition) is 1. The molecule has 1 aromatic heterocycles. The van der Waals surface area contributed by atoms with Crippen molar-refractivity contribution in [2.75, 3.05) is 19.4 Å². The second-order valence-corrected chi connectivity index (χ2v) is 7.43. The van der Waals surface area contributed by atoms with Crippen LogP contribution in [0.4, 0.5) is 4.39 Å². The Morgan fingerprint density at radius 1 is 1.10 bits per heavy atom. The number of methoxy groups -OCH3 is 1. The number of benzene rings is 2. The van der Waals surface area contributed by atoms with Gasteiger partial charge in [-0.2, -0.15) is 0 Å². The minimum Gasteiger partial charge on any atom is -0.493 e. The molecule has 3 aromatic rings. The molecule has 0 amide bonds. The van der Waals surface area contributed by atoms with Crippen LogP contribution in [0.2, 0.25) is 0 Å². The molecule has 0 saturated heterocycles. The van der Waals surface area contributed by atoms with E-state index in [1.807, 2.05) is 25.2 Å². The van der Waals surface area contributed by atoms with Crippen LogP contribution in [0.25, 0.3) is 0 Å². The molecule has 1 N–H and O–H groups in total. The van der Waals surface area contributed by atoms with Crippen LogP contribution >= 0.6 is 24.2 Å². The molecule has 30 heavy (non-hydrogen) atoms. The van der Waals surface area contributed by atoms with Gasteiger partial charge in [0.2, 0.25) is 5.16 Å². The van der Waals surface area contributed by atoms with Gasteiger partial charge in [-0.1, -0.05) is 30.0 Å². The first-order valence-corrected chi connectivity index (χ1v) is 10.2. The van der Waals surface area contributed by atoms with Crippen LogP contribution in [-0.2, 0) is 20.2 Å². The molecule has 1 heterocycles. The van der Waals surface area contributed by atoms with Crippen LogP contribution in [0.1, 0.15) is 17.5 Å². The predicted octanol–water partition coefficient (Wildman–Crippen LogP) is 3.63. The fraction of sp³-hybridized carbons (Fsp3) is 0.350. The Kier molecular flexibility index (Phi) is 9.85. The van der Waals surface area contributed by atoms with E-state index in [1.54, 1.807) is 35.7 Å². The van der Waals surface area contributed by atoms with E-state index in [-0.39, 0.29) is 18.2 Å². The zero-order valence-corrected chi connectivity index (χ0v) is 18.5. The fourth-order valence-corrected chi connectivity index (χ4v) is 3.41. The lowest BCUT2D eigenvalue weighted by molar-refractivity contribution is 0.284. The predicted molar refractivity (Wildman–Crippen MR) is 117 cm³/mol. The Bertz CT molecular complexity index is 910. The summed E-state index contributed by atoms with van der Waals surface area (Å²) in [6, 6.07) is 12.1. The number of halogens is 2. The van der Waals surface area contributed by atoms with E-state index in [2.05, 4.69) is 20.8 Å². The highest BCUT2D eigenvalue weighted by Crippen LogP contribution is 2.29. The van der Waals surface area contributed by atoms with Gasteiger partial charge in [0, 0.05) is 19.3 Å². The summed E-state index contributed by atoms with van der Waals surface area (Å²) in [5.74, 6) is 2.03. The fourth-order valence-electron chi connectivity index (χ4n) is 2.62. The molecule has 162 valence electrons. The van der Waals surface area contributed by atoms with Crippen molar-refractivity contribution in [1.82, 2.24) is 25.5 Å². The SMILES string of the molecule is COc1cc(CNCCCSc2nnnn2C)ccc1OCc1ccc(F)cc1.Cl. The number of thioether (sulfide) groups is 1. The van der Waals surface area contributed by atoms with Crippen LogP contribution in [-0.4, -0.2) is 39.6 Å². The van der Waals surface area contributed by atoms with E-state index < -0.39 is 0 Å². The standard InChI is InChI=1S/C20H24FN5O2S.ClH/c1-26-20(23-24-25-26)29-11-3-10-22-13-16-6-9-18(19(12-16)27-2)28-14-15-4-7-17(21)8-5-15;/h4-9,12,22H,3,10-11,13-14H2,1-2H3;1H. The third kappa shape index (κ3) is 7.16. The summed E-state index contributed by atoms with van der Waals surface area (Å²) < 4.78 is 25.9. The van der Waals surface area contributed by atoms with Gasteiger partial charge in [0.25, 0.3) is 0 Å². The second-order valence-electron chi connectivity index (χ2n) is 6.36. The van der Waals surface area contributed by atoms with Gasteiger partial charge in [-0.15, -0.1) is 17.5 Å². The van der Waals surface area contributed by atoms with E-state index in [0.717, 1.165) is 41.5 Å². The van der Waals surface area contributed by atoms with Crippen LogP contribution in [0.3, 0.4) is 0 Å². The van der Waals surface area contributed by atoms with Crippen molar-refractivity contribution in [3.8, 4) is 11.5 Å². The number of ether oxygens (including phenoxy) is 2. The van der Waals surface area contributed by atoms with Crippen molar-refractivity contribution in [3.05, 3.63) is 59.4 Å². The van der Waals surface area contributed by atoms with E-state index in [0.29, 0.717) is 18.1 Å². The molecule has 0 unspecified atom stereocenters. The van der Waals surface area contributed by atoms with Crippen molar-refractivity contribution in [3.63, 3.8) is 0 Å². The lowest BCUT2D eigenvalue weighted by Gasteiger charge is -2.13. The molecular weight excluding hydrogens is 429 g/mol. The number of nitrogens with one attached hydrogen (secondary N) is 1. The van der Waals surface area contributed by atoms with Crippen LogP contribution in [0.5, 0.6) is 11.5 Å². The monoisotopic (exact) mass is 453 g/mol. The lowest BCUT2D eigenvalue weighted by Crippen LogP contribution is -2.15. The van der Waals surface area contributed by atoms with Crippen LogP contribution < -0.4 is 14.8 Å². The largest absolute Gasteiger partial charge is 0.493 e. The Morgan fingerprint density at radius 3 is 2.57 bits per heavy atom. The van der Waals surface area contributed by atoms with Crippen molar-refractivity contribution in [1.29, 1.82) is 0 Å². The molecule has 3 rings (SSSR count). The zero-order valence-electron chi connectivity index (χ0n) is 16.9. The van der Waals surface area contributed by atoms with E-state index in [4.69, 9.17) is 9.47 Å². The van der Waals surface area contributed by atoms with E-state index in [1.165, 1.54) is 12.1 Å². The number of aryl methyl sites for hydroxylation is 1. The molecule has 0 aliphatic rings. The molecule has 0 aliphatic heterocycles. The average Bonchev–Trinajstić information content (AvgIpc) is 3.15. The van der Waals surface area contributed by atoms with Crippen LogP contribution in [0, 0.1) is 5.82 Å². The first kappa shape index (κ1) is 23.9. The van der Waals surface area contributed by atoms with Gasteiger partial charge < -0.3 is 14.8 Å². The Balaban J connectivity index is 0.00000320. The molecule has 0 aliphatic carbocycles. The Hall–Kier alpha value is -2.36. The summed E-state index contributed by atoms with van der Waals surface area (Å²) in [4.78, 5) is 0. The van der Waals surface area contributed by atoms with Gasteiger partial charge in [-0.3, -0.25) is 0 Å². The molecule has 0 radical (unpaired) electrons. The summed E-state index contributed by atoms with van der Waals surface area (Å²) >= 11 is 1.64. The first-order valence-electron chi connectivity index (χ1n) is 9.25. The van der Waals surface area contributed by atoms with Gasteiger partial charge >= 0.3 is 0 Å². The van der Waals surface area contributed by atoms with E-state index in [9.17, 15) is 4.39 Å². The maximum atomic E-state index is 13.0. The third-order valence-corrected chi connectivity index (χ3v) is 5.27. The molecule has 0 fully saturated rings. The van der Waals surface area contributed by atoms with Crippen LogP contribution in [0.15, 0.2) is 47.6 Å². The third-order valence-electron chi connectivity index (χ3n) is 4.18. The maximum Gasteiger partial charge on any atom is 0.209 e. The van der Waals surface area contributed by atoms with Crippen molar-refractivity contribution >= 4 is 24.2 Å². The summed E-state index contributed by atoms with van der Waals surface area (Å²) in [6.45, 7) is 1.99. The quantitative estimate of drug-likeness (QED) is 0.351. The number of tetrazole rings is 1. The molecule has 0 atom stereocenters. The Labute approximate surface area is 185 Å². The van der Waals surface area contributed by atoms with Gasteiger partial charge in [0.1, 0.15) is 12.4 Å². The number of aromatic nitrogens is 4. The first-order chi connectivity index (χ1) is 14.2. The smallest absolute Gasteiger partial charge is 0.209 e. The lowest BCUT2D eigenvalue weighted by atomic mass is 10.2. The summed E-state index contributed by atoms with van der Waals surface area (Å²) in [6.07, 6.45) is 1.01. The highest BCUT2D eigenvalue weighted by molar-refractivity contribution is 7.99. The highest BCUT2D eigenvalue weighted by Gasteiger charge is 2.07. The van der Waals surface area contributed by atoms with Crippen molar-refractivity contribution in [2.24, 2.45) is 7.05 Å². The van der Waals surface area contributed by atoms with Crippen molar-refractivity contribution < 1.29 is 13.9 Å². The highest BCUT2D eigenvalue weighted by atomic mass is 35.5. The molecule has 7 nitrogen and oxygen atoms in total. The summed E-state index contributed by atoms with van der Waals surface area (Å²) in [5.41, 5.74) is 2.01. The molecule has 0 spiro atoms. The summed E-state index contributed by atoms with van der Waals surface area (Å²) in [5, 5.41) is 15.6. The molecule has 2 aromatic carbocycles. The summed E-state index contributed by atoms with van der Waals surface area (Å²) in [7, 11) is 3.46. The molecule has 0 bridgehead atoms. The second kappa shape index (κ2) is 12.4. The average molecular weight is 454 g/mol. The Morgan fingerprint density at radius 2 is 1.87 bits per heavy atom. The number of hydrogen-bond acceptors (Lipinski definition) is 7. The van der Waals surface area contributed by atoms with E-state index >= 15 is 0 Å². The molecule has 10 heteroatoms. The number of nitrogens with zero attached hydrogens (tertiary/aromatic N) is 4. The minimum atomic E-state index is -0.257. The van der Waals surface area contributed by atoms with Crippen molar-refractivity contribution in [2.45, 2.75) is 24.7 Å². The van der Waals surface area contributed by atoms with Gasteiger partial charge in [-0.25, -0.2) is 9.07 Å².